The molecule has 0 aromatic heterocycles. The van der Waals surface area contributed by atoms with Gasteiger partial charge in [0, 0.05) is 13.1 Å². The van der Waals surface area contributed by atoms with Gasteiger partial charge in [-0.3, -0.25) is 9.59 Å². The molecule has 2 aromatic rings. The van der Waals surface area contributed by atoms with Crippen molar-refractivity contribution < 1.29 is 19.1 Å². The molecule has 214 valence electrons. The molecule has 0 aliphatic rings. The first-order chi connectivity index (χ1) is 18.3. The van der Waals surface area contributed by atoms with Crippen LogP contribution < -0.4 is 10.6 Å². The van der Waals surface area contributed by atoms with Gasteiger partial charge >= 0.3 is 6.09 Å². The quantitative estimate of drug-likeness (QED) is 0.314. The van der Waals surface area contributed by atoms with Gasteiger partial charge in [-0.2, -0.15) is 0 Å². The topological polar surface area (TPSA) is 87.7 Å². The van der Waals surface area contributed by atoms with Crippen molar-refractivity contribution in [2.75, 3.05) is 6.54 Å². The summed E-state index contributed by atoms with van der Waals surface area (Å²) in [5.74, 6) is -0.770. The van der Waals surface area contributed by atoms with Gasteiger partial charge in [0.25, 0.3) is 0 Å². The number of carbonyl (C=O) groups excluding carboxylic acids is 3. The molecule has 2 rings (SSSR count). The van der Waals surface area contributed by atoms with Crippen LogP contribution >= 0.6 is 0 Å². The van der Waals surface area contributed by atoms with Gasteiger partial charge in [0.05, 0.1) is 0 Å². The molecule has 2 N–H and O–H groups in total. The van der Waals surface area contributed by atoms with Gasteiger partial charge in [0.1, 0.15) is 17.7 Å². The molecule has 0 aliphatic carbocycles. The van der Waals surface area contributed by atoms with Crippen LogP contribution in [0.25, 0.3) is 0 Å². The summed E-state index contributed by atoms with van der Waals surface area (Å²) < 4.78 is 5.46. The molecule has 0 bridgehead atoms. The Bertz CT molecular complexity index is 1090. The molecule has 7 nitrogen and oxygen atoms in total. The van der Waals surface area contributed by atoms with E-state index in [-0.39, 0.29) is 17.7 Å². The minimum atomic E-state index is -0.850. The van der Waals surface area contributed by atoms with E-state index in [1.54, 1.807) is 25.7 Å². The number of benzene rings is 2. The predicted octanol–water partition coefficient (Wildman–Crippen LogP) is 6.23. The number of carbonyl (C=O) groups is 3. The Kier molecular flexibility index (Phi) is 12.0. The smallest absolute Gasteiger partial charge is 0.408 e. The van der Waals surface area contributed by atoms with Crippen molar-refractivity contribution in [3.05, 3.63) is 70.8 Å². The van der Waals surface area contributed by atoms with Crippen molar-refractivity contribution >= 4 is 17.9 Å². The molecule has 0 spiro atoms. The molecular formula is C32H47N3O4. The second-order valence-corrected chi connectivity index (χ2v) is 11.6. The molecule has 0 heterocycles. The number of ether oxygens (including phenoxy) is 1. The molecule has 0 aliphatic heterocycles. The SMILES string of the molecule is CCCCCN(C(=O)C(NC(=O)OC(C)(C)C)C(C)C)C(C(=O)NCc1ccccc1)c1ccc(C)cc1C. The average Bonchev–Trinajstić information content (AvgIpc) is 2.85. The number of hydrogen-bond acceptors (Lipinski definition) is 4. The fraction of sp³-hybridized carbons (Fsp3) is 0.531. The van der Waals surface area contributed by atoms with Crippen LogP contribution in [0.3, 0.4) is 0 Å². The third-order valence-electron chi connectivity index (χ3n) is 6.48. The van der Waals surface area contributed by atoms with E-state index >= 15 is 0 Å². The third kappa shape index (κ3) is 10.0. The monoisotopic (exact) mass is 537 g/mol. The summed E-state index contributed by atoms with van der Waals surface area (Å²) >= 11 is 0. The molecule has 2 aromatic carbocycles. The number of rotatable bonds is 12. The summed E-state index contributed by atoms with van der Waals surface area (Å²) in [6.45, 7) is 15.9. The standard InChI is InChI=1S/C32H47N3O4/c1-9-10-14-19-35(30(37)27(22(2)3)34-31(38)39-32(6,7)8)28(26-18-17-23(4)20-24(26)5)29(36)33-21-25-15-12-11-13-16-25/h11-13,15-18,20,22,27-28H,9-10,14,19,21H2,1-8H3,(H,33,36)(H,34,38). The zero-order valence-electron chi connectivity index (χ0n) is 25.0. The lowest BCUT2D eigenvalue weighted by Gasteiger charge is -2.36. The summed E-state index contributed by atoms with van der Waals surface area (Å²) in [6, 6.07) is 13.9. The Hall–Kier alpha value is -3.35. The number of unbranched alkanes of at least 4 members (excludes halogenated alkanes) is 2. The zero-order chi connectivity index (χ0) is 29.2. The highest BCUT2D eigenvalue weighted by molar-refractivity contribution is 5.92. The molecule has 0 radical (unpaired) electrons. The minimum Gasteiger partial charge on any atom is -0.444 e. The minimum absolute atomic E-state index is 0.217. The van der Waals surface area contributed by atoms with Crippen molar-refractivity contribution in [2.24, 2.45) is 5.92 Å². The van der Waals surface area contributed by atoms with Crippen LogP contribution in [0.1, 0.15) is 89.1 Å². The fourth-order valence-electron chi connectivity index (χ4n) is 4.49. The van der Waals surface area contributed by atoms with Gasteiger partial charge in [-0.25, -0.2) is 4.79 Å². The summed E-state index contributed by atoms with van der Waals surface area (Å²) in [5.41, 5.74) is 3.06. The van der Waals surface area contributed by atoms with E-state index in [0.717, 1.165) is 41.5 Å². The molecule has 0 fully saturated rings. The van der Waals surface area contributed by atoms with Crippen LogP contribution in [0, 0.1) is 19.8 Å². The number of aryl methyl sites for hydroxylation is 2. The van der Waals surface area contributed by atoms with E-state index in [1.807, 2.05) is 76.2 Å². The average molecular weight is 538 g/mol. The largest absolute Gasteiger partial charge is 0.444 e. The van der Waals surface area contributed by atoms with Crippen LogP contribution in [0.4, 0.5) is 4.79 Å². The molecule has 2 atom stereocenters. The van der Waals surface area contributed by atoms with Crippen LogP contribution in [0.5, 0.6) is 0 Å². The zero-order valence-corrected chi connectivity index (χ0v) is 25.0. The second-order valence-electron chi connectivity index (χ2n) is 11.6. The van der Waals surface area contributed by atoms with E-state index < -0.39 is 23.8 Å². The Morgan fingerprint density at radius 3 is 2.21 bits per heavy atom. The Morgan fingerprint density at radius 1 is 0.974 bits per heavy atom. The van der Waals surface area contributed by atoms with E-state index in [2.05, 4.69) is 17.6 Å². The number of nitrogens with zero attached hydrogens (tertiary/aromatic N) is 1. The lowest BCUT2D eigenvalue weighted by molar-refractivity contribution is -0.143. The lowest BCUT2D eigenvalue weighted by atomic mass is 9.94. The maximum Gasteiger partial charge on any atom is 0.408 e. The molecule has 7 heteroatoms. The van der Waals surface area contributed by atoms with Gasteiger partial charge < -0.3 is 20.3 Å². The first kappa shape index (κ1) is 31.9. The third-order valence-corrected chi connectivity index (χ3v) is 6.48. The molecule has 0 saturated carbocycles. The summed E-state index contributed by atoms with van der Waals surface area (Å²) in [5, 5.41) is 5.85. The van der Waals surface area contributed by atoms with Crippen LogP contribution in [0.15, 0.2) is 48.5 Å². The van der Waals surface area contributed by atoms with E-state index in [4.69, 9.17) is 4.74 Å². The fourth-order valence-corrected chi connectivity index (χ4v) is 4.49. The first-order valence-electron chi connectivity index (χ1n) is 14.0. The Balaban J connectivity index is 2.50. The van der Waals surface area contributed by atoms with Gasteiger partial charge in [-0.1, -0.05) is 87.7 Å². The molecule has 39 heavy (non-hydrogen) atoms. The highest BCUT2D eigenvalue weighted by Crippen LogP contribution is 2.28. The van der Waals surface area contributed by atoms with Crippen molar-refractivity contribution in [1.29, 1.82) is 0 Å². The summed E-state index contributed by atoms with van der Waals surface area (Å²) in [4.78, 5) is 42.5. The predicted molar refractivity (Wildman–Crippen MR) is 156 cm³/mol. The van der Waals surface area contributed by atoms with E-state index in [9.17, 15) is 14.4 Å². The van der Waals surface area contributed by atoms with Gasteiger partial charge in [0.2, 0.25) is 11.8 Å². The second kappa shape index (κ2) is 14.7. The normalized spacial score (nSPS) is 12.9. The van der Waals surface area contributed by atoms with Crippen molar-refractivity contribution in [3.63, 3.8) is 0 Å². The number of alkyl carbamates (subject to hydrolysis) is 1. The first-order valence-corrected chi connectivity index (χ1v) is 14.0. The number of amides is 3. The van der Waals surface area contributed by atoms with E-state index in [0.29, 0.717) is 13.1 Å². The van der Waals surface area contributed by atoms with Gasteiger partial charge in [-0.15, -0.1) is 0 Å². The van der Waals surface area contributed by atoms with Crippen molar-refractivity contribution in [3.8, 4) is 0 Å². The molecule has 3 amide bonds. The lowest BCUT2D eigenvalue weighted by Crippen LogP contribution is -2.55. The van der Waals surface area contributed by atoms with Gasteiger partial charge in [0.15, 0.2) is 0 Å². The number of nitrogens with one attached hydrogen (secondary N) is 2. The summed E-state index contributed by atoms with van der Waals surface area (Å²) in [7, 11) is 0. The molecule has 2 unspecified atom stereocenters. The number of hydrogen-bond donors (Lipinski definition) is 2. The van der Waals surface area contributed by atoms with E-state index in [1.165, 1.54) is 0 Å². The Morgan fingerprint density at radius 2 is 1.64 bits per heavy atom. The van der Waals surface area contributed by atoms with Crippen molar-refractivity contribution in [1.82, 2.24) is 15.5 Å². The van der Waals surface area contributed by atoms with Gasteiger partial charge in [-0.05, 0) is 63.6 Å². The molecular weight excluding hydrogens is 490 g/mol. The summed E-state index contributed by atoms with van der Waals surface area (Å²) in [6.07, 6.45) is 1.98. The molecule has 0 saturated heterocycles. The van der Waals surface area contributed by atoms with Crippen LogP contribution in [-0.4, -0.2) is 41.0 Å². The maximum atomic E-state index is 14.2. The highest BCUT2D eigenvalue weighted by atomic mass is 16.6. The maximum absolute atomic E-state index is 14.2. The van der Waals surface area contributed by atoms with Crippen LogP contribution in [0.2, 0.25) is 0 Å². The van der Waals surface area contributed by atoms with Crippen LogP contribution in [-0.2, 0) is 20.9 Å². The highest BCUT2D eigenvalue weighted by Gasteiger charge is 2.37. The van der Waals surface area contributed by atoms with Crippen molar-refractivity contribution in [2.45, 2.75) is 98.9 Å². The Labute approximate surface area is 234 Å².